The Morgan fingerprint density at radius 1 is 1.26 bits per heavy atom. The van der Waals surface area contributed by atoms with E-state index in [9.17, 15) is 9.59 Å². The molecule has 2 amide bonds. The SMILES string of the molecule is O=C(NCCN1Cc2cc(Cl)ccc2OCC1=O)c1c[nH]c2ccccc12. The van der Waals surface area contributed by atoms with Crippen molar-refractivity contribution >= 4 is 34.3 Å². The van der Waals surface area contributed by atoms with Crippen molar-refractivity contribution in [3.8, 4) is 5.75 Å². The van der Waals surface area contributed by atoms with Crippen LogP contribution in [0.15, 0.2) is 48.7 Å². The van der Waals surface area contributed by atoms with E-state index in [0.29, 0.717) is 36.0 Å². The highest BCUT2D eigenvalue weighted by Crippen LogP contribution is 2.26. The van der Waals surface area contributed by atoms with Crippen LogP contribution in [-0.2, 0) is 11.3 Å². The summed E-state index contributed by atoms with van der Waals surface area (Å²) in [6, 6.07) is 12.9. The Morgan fingerprint density at radius 2 is 2.11 bits per heavy atom. The van der Waals surface area contributed by atoms with Crippen LogP contribution < -0.4 is 10.1 Å². The molecule has 2 heterocycles. The van der Waals surface area contributed by atoms with Crippen LogP contribution in [0.1, 0.15) is 15.9 Å². The van der Waals surface area contributed by atoms with Gasteiger partial charge in [-0.1, -0.05) is 29.8 Å². The second-order valence-electron chi connectivity index (χ2n) is 6.36. The summed E-state index contributed by atoms with van der Waals surface area (Å²) in [4.78, 5) is 29.5. The van der Waals surface area contributed by atoms with Gasteiger partial charge in [0.15, 0.2) is 6.61 Å². The molecule has 0 saturated carbocycles. The molecule has 0 atom stereocenters. The molecule has 1 aliphatic rings. The monoisotopic (exact) mass is 383 g/mol. The van der Waals surface area contributed by atoms with Gasteiger partial charge in [-0.3, -0.25) is 9.59 Å². The number of ether oxygens (including phenoxy) is 1. The van der Waals surface area contributed by atoms with Gasteiger partial charge in [0.1, 0.15) is 5.75 Å². The average molecular weight is 384 g/mol. The first-order valence-corrected chi connectivity index (χ1v) is 9.03. The predicted molar refractivity (Wildman–Crippen MR) is 103 cm³/mol. The molecule has 0 fully saturated rings. The first-order chi connectivity index (χ1) is 13.1. The number of aromatic nitrogens is 1. The van der Waals surface area contributed by atoms with Crippen molar-refractivity contribution in [2.45, 2.75) is 6.54 Å². The number of hydrogen-bond donors (Lipinski definition) is 2. The number of carbonyl (C=O) groups is 2. The highest BCUT2D eigenvalue weighted by Gasteiger charge is 2.22. The predicted octanol–water partition coefficient (Wildman–Crippen LogP) is 2.97. The molecule has 1 aromatic heterocycles. The maximum atomic E-state index is 12.5. The minimum Gasteiger partial charge on any atom is -0.483 e. The van der Waals surface area contributed by atoms with Crippen molar-refractivity contribution in [3.63, 3.8) is 0 Å². The van der Waals surface area contributed by atoms with Crippen LogP contribution in [0, 0.1) is 0 Å². The van der Waals surface area contributed by atoms with Gasteiger partial charge in [-0.15, -0.1) is 0 Å². The summed E-state index contributed by atoms with van der Waals surface area (Å²) in [6.07, 6.45) is 1.70. The lowest BCUT2D eigenvalue weighted by molar-refractivity contribution is -0.133. The number of nitrogens with one attached hydrogen (secondary N) is 2. The standard InChI is InChI=1S/C20H18ClN3O3/c21-14-5-6-18-13(9-14)11-24(19(25)12-27-18)8-7-22-20(26)16-10-23-17-4-2-1-3-15(16)17/h1-6,9-10,23H,7-8,11-12H2,(H,22,26). The number of H-pyrrole nitrogens is 1. The Bertz CT molecular complexity index is 1010. The van der Waals surface area contributed by atoms with Gasteiger partial charge in [0, 0.05) is 47.3 Å². The normalized spacial score (nSPS) is 13.8. The summed E-state index contributed by atoms with van der Waals surface area (Å²) < 4.78 is 5.54. The molecule has 0 spiro atoms. The molecular formula is C20H18ClN3O3. The molecule has 0 unspecified atom stereocenters. The van der Waals surface area contributed by atoms with E-state index in [0.717, 1.165) is 16.5 Å². The largest absolute Gasteiger partial charge is 0.483 e. The number of para-hydroxylation sites is 1. The zero-order valence-corrected chi connectivity index (χ0v) is 15.3. The molecule has 0 aliphatic carbocycles. The van der Waals surface area contributed by atoms with E-state index in [2.05, 4.69) is 10.3 Å². The molecule has 3 aromatic rings. The van der Waals surface area contributed by atoms with Crippen molar-refractivity contribution < 1.29 is 14.3 Å². The molecule has 0 saturated heterocycles. The Labute approximate surface area is 161 Å². The average Bonchev–Trinajstić information content (AvgIpc) is 3.03. The molecule has 2 N–H and O–H groups in total. The molecule has 7 heteroatoms. The molecule has 4 rings (SSSR count). The third-order valence-corrected chi connectivity index (χ3v) is 4.82. The second-order valence-corrected chi connectivity index (χ2v) is 6.80. The smallest absolute Gasteiger partial charge is 0.260 e. The minimum absolute atomic E-state index is 0.0228. The Morgan fingerprint density at radius 3 is 3.00 bits per heavy atom. The van der Waals surface area contributed by atoms with Crippen LogP contribution in [0.5, 0.6) is 5.75 Å². The number of hydrogen-bond acceptors (Lipinski definition) is 3. The summed E-state index contributed by atoms with van der Waals surface area (Å²) in [5, 5.41) is 4.35. The van der Waals surface area contributed by atoms with Crippen molar-refractivity contribution in [2.75, 3.05) is 19.7 Å². The second kappa shape index (κ2) is 7.32. The number of halogens is 1. The lowest BCUT2D eigenvalue weighted by Gasteiger charge is -2.20. The summed E-state index contributed by atoms with van der Waals surface area (Å²) in [7, 11) is 0. The number of nitrogens with zero attached hydrogens (tertiary/aromatic N) is 1. The zero-order valence-electron chi connectivity index (χ0n) is 14.5. The summed E-state index contributed by atoms with van der Waals surface area (Å²) >= 11 is 6.05. The fraction of sp³-hybridized carbons (Fsp3) is 0.200. The Balaban J connectivity index is 1.40. The van der Waals surface area contributed by atoms with Gasteiger partial charge in [0.05, 0.1) is 5.56 Å². The Kier molecular flexibility index (Phi) is 4.73. The van der Waals surface area contributed by atoms with Crippen LogP contribution in [0.25, 0.3) is 10.9 Å². The van der Waals surface area contributed by atoms with Gasteiger partial charge in [-0.05, 0) is 24.3 Å². The van der Waals surface area contributed by atoms with E-state index in [1.807, 2.05) is 24.3 Å². The first-order valence-electron chi connectivity index (χ1n) is 8.65. The fourth-order valence-electron chi connectivity index (χ4n) is 3.20. The van der Waals surface area contributed by atoms with E-state index in [-0.39, 0.29) is 18.4 Å². The lowest BCUT2D eigenvalue weighted by Crippen LogP contribution is -2.39. The van der Waals surface area contributed by atoms with Gasteiger partial charge >= 0.3 is 0 Å². The molecule has 0 radical (unpaired) electrons. The van der Waals surface area contributed by atoms with E-state index in [1.165, 1.54) is 0 Å². The lowest BCUT2D eigenvalue weighted by atomic mass is 10.1. The highest BCUT2D eigenvalue weighted by molar-refractivity contribution is 6.30. The minimum atomic E-state index is -0.172. The molecule has 27 heavy (non-hydrogen) atoms. The molecule has 138 valence electrons. The van der Waals surface area contributed by atoms with E-state index < -0.39 is 0 Å². The van der Waals surface area contributed by atoms with Crippen LogP contribution in [0.2, 0.25) is 5.02 Å². The molecule has 6 nitrogen and oxygen atoms in total. The van der Waals surface area contributed by atoms with Crippen molar-refractivity contribution in [2.24, 2.45) is 0 Å². The summed E-state index contributed by atoms with van der Waals surface area (Å²) in [6.45, 7) is 1.12. The van der Waals surface area contributed by atoms with Crippen LogP contribution in [0.4, 0.5) is 0 Å². The fourth-order valence-corrected chi connectivity index (χ4v) is 3.39. The van der Waals surface area contributed by atoms with Crippen molar-refractivity contribution in [1.82, 2.24) is 15.2 Å². The first kappa shape index (κ1) is 17.4. The third-order valence-electron chi connectivity index (χ3n) is 4.59. The van der Waals surface area contributed by atoms with Gasteiger partial charge in [-0.25, -0.2) is 0 Å². The van der Waals surface area contributed by atoms with E-state index >= 15 is 0 Å². The van der Waals surface area contributed by atoms with Crippen molar-refractivity contribution in [1.29, 1.82) is 0 Å². The third kappa shape index (κ3) is 3.61. The maximum Gasteiger partial charge on any atom is 0.260 e. The molecular weight excluding hydrogens is 366 g/mol. The van der Waals surface area contributed by atoms with Crippen LogP contribution in [0.3, 0.4) is 0 Å². The highest BCUT2D eigenvalue weighted by atomic mass is 35.5. The summed E-state index contributed by atoms with van der Waals surface area (Å²) in [5.74, 6) is 0.371. The quantitative estimate of drug-likeness (QED) is 0.727. The number of carbonyl (C=O) groups excluding carboxylic acids is 2. The molecule has 0 bridgehead atoms. The molecule has 1 aliphatic heterocycles. The number of rotatable bonds is 4. The maximum absolute atomic E-state index is 12.5. The Hall–Kier alpha value is -2.99. The van der Waals surface area contributed by atoms with Gasteiger partial charge in [-0.2, -0.15) is 0 Å². The zero-order chi connectivity index (χ0) is 18.8. The van der Waals surface area contributed by atoms with Crippen LogP contribution in [-0.4, -0.2) is 41.4 Å². The van der Waals surface area contributed by atoms with Gasteiger partial charge < -0.3 is 19.9 Å². The van der Waals surface area contributed by atoms with Crippen molar-refractivity contribution in [3.05, 3.63) is 64.8 Å². The number of amides is 2. The van der Waals surface area contributed by atoms with E-state index in [1.54, 1.807) is 29.3 Å². The van der Waals surface area contributed by atoms with Crippen LogP contribution >= 0.6 is 11.6 Å². The van der Waals surface area contributed by atoms with Gasteiger partial charge in [0.2, 0.25) is 0 Å². The van der Waals surface area contributed by atoms with E-state index in [4.69, 9.17) is 16.3 Å². The topological polar surface area (TPSA) is 74.4 Å². The summed E-state index contributed by atoms with van der Waals surface area (Å²) in [5.41, 5.74) is 2.36. The van der Waals surface area contributed by atoms with Gasteiger partial charge in [0.25, 0.3) is 11.8 Å². The number of fused-ring (bicyclic) bond motifs is 2. The number of aromatic amines is 1. The number of benzene rings is 2. The molecule has 2 aromatic carbocycles.